The van der Waals surface area contributed by atoms with Crippen LogP contribution in [-0.2, 0) is 4.74 Å². The third-order valence-electron chi connectivity index (χ3n) is 2.90. The van der Waals surface area contributed by atoms with Gasteiger partial charge in [-0.25, -0.2) is 0 Å². The van der Waals surface area contributed by atoms with Crippen LogP contribution in [0.25, 0.3) is 0 Å². The summed E-state index contributed by atoms with van der Waals surface area (Å²) in [7, 11) is 0. The molecule has 14 heavy (non-hydrogen) atoms. The summed E-state index contributed by atoms with van der Waals surface area (Å²) >= 11 is 0. The molecule has 2 atom stereocenters. The van der Waals surface area contributed by atoms with Gasteiger partial charge in [-0.3, -0.25) is 0 Å². The van der Waals surface area contributed by atoms with Crippen molar-refractivity contribution >= 4 is 0 Å². The Labute approximate surface area is 89.2 Å². The second-order valence-corrected chi connectivity index (χ2v) is 7.04. The smallest absolute Gasteiger partial charge is 0.0514 e. The Morgan fingerprint density at radius 2 is 1.64 bits per heavy atom. The van der Waals surface area contributed by atoms with E-state index in [-0.39, 0.29) is 0 Å². The molecular formula is C13H26O. The van der Waals surface area contributed by atoms with Crippen LogP contribution in [0, 0.1) is 22.7 Å². The molecule has 0 bridgehead atoms. The molecule has 0 N–H and O–H groups in total. The minimum atomic E-state index is 0.312. The lowest BCUT2D eigenvalue weighted by molar-refractivity contribution is 0.0587. The lowest BCUT2D eigenvalue weighted by Gasteiger charge is -2.20. The molecule has 1 heteroatoms. The summed E-state index contributed by atoms with van der Waals surface area (Å²) in [4.78, 5) is 0. The standard InChI is InChI=1S/C13H26O/c1-12(2,3)9-14-8-10-7-11(10)13(4,5)6/h10-11H,7-9H2,1-6H3. The van der Waals surface area contributed by atoms with Crippen LogP contribution in [-0.4, -0.2) is 13.2 Å². The van der Waals surface area contributed by atoms with Crippen molar-refractivity contribution in [1.29, 1.82) is 0 Å². The monoisotopic (exact) mass is 198 g/mol. The van der Waals surface area contributed by atoms with E-state index in [4.69, 9.17) is 4.74 Å². The van der Waals surface area contributed by atoms with Crippen LogP contribution in [0.5, 0.6) is 0 Å². The molecule has 0 spiro atoms. The average molecular weight is 198 g/mol. The summed E-state index contributed by atoms with van der Waals surface area (Å²) in [6.07, 6.45) is 1.37. The second-order valence-electron chi connectivity index (χ2n) is 7.04. The van der Waals surface area contributed by atoms with Crippen LogP contribution >= 0.6 is 0 Å². The summed E-state index contributed by atoms with van der Waals surface area (Å²) < 4.78 is 5.75. The lowest BCUT2D eigenvalue weighted by atomic mass is 9.89. The van der Waals surface area contributed by atoms with E-state index in [1.807, 2.05) is 0 Å². The first kappa shape index (κ1) is 12.0. The molecule has 0 amide bonds. The summed E-state index contributed by atoms with van der Waals surface area (Å²) in [6, 6.07) is 0. The van der Waals surface area contributed by atoms with Gasteiger partial charge in [-0.2, -0.15) is 0 Å². The molecule has 84 valence electrons. The first-order valence-electron chi connectivity index (χ1n) is 5.78. The van der Waals surface area contributed by atoms with Crippen LogP contribution in [0.1, 0.15) is 48.0 Å². The molecule has 1 rings (SSSR count). The molecular weight excluding hydrogens is 172 g/mol. The van der Waals surface area contributed by atoms with Gasteiger partial charge < -0.3 is 4.74 Å². The van der Waals surface area contributed by atoms with Crippen molar-refractivity contribution in [3.8, 4) is 0 Å². The molecule has 0 heterocycles. The molecule has 0 saturated heterocycles. The van der Waals surface area contributed by atoms with Crippen molar-refractivity contribution in [2.45, 2.75) is 48.0 Å². The van der Waals surface area contributed by atoms with Crippen molar-refractivity contribution < 1.29 is 4.74 Å². The third-order valence-corrected chi connectivity index (χ3v) is 2.90. The quantitative estimate of drug-likeness (QED) is 0.671. The van der Waals surface area contributed by atoms with Gasteiger partial charge in [-0.1, -0.05) is 41.5 Å². The van der Waals surface area contributed by atoms with Crippen molar-refractivity contribution in [2.24, 2.45) is 22.7 Å². The molecule has 1 aliphatic carbocycles. The van der Waals surface area contributed by atoms with E-state index in [2.05, 4.69) is 41.5 Å². The van der Waals surface area contributed by atoms with Gasteiger partial charge in [0.2, 0.25) is 0 Å². The van der Waals surface area contributed by atoms with E-state index in [0.29, 0.717) is 10.8 Å². The molecule has 0 aromatic carbocycles. The molecule has 1 fully saturated rings. The lowest BCUT2D eigenvalue weighted by Crippen LogP contribution is -2.17. The highest BCUT2D eigenvalue weighted by Gasteiger charge is 2.44. The molecule has 2 unspecified atom stereocenters. The predicted octanol–water partition coefficient (Wildman–Crippen LogP) is 3.73. The van der Waals surface area contributed by atoms with Crippen LogP contribution in [0.4, 0.5) is 0 Å². The zero-order chi connectivity index (χ0) is 11.0. The van der Waals surface area contributed by atoms with Gasteiger partial charge in [0, 0.05) is 6.61 Å². The first-order valence-corrected chi connectivity index (χ1v) is 5.78. The number of hydrogen-bond acceptors (Lipinski definition) is 1. The van der Waals surface area contributed by atoms with Gasteiger partial charge in [-0.05, 0) is 29.1 Å². The van der Waals surface area contributed by atoms with Crippen molar-refractivity contribution in [3.05, 3.63) is 0 Å². The molecule has 1 nitrogen and oxygen atoms in total. The minimum Gasteiger partial charge on any atom is -0.381 e. The number of rotatable bonds is 3. The summed E-state index contributed by atoms with van der Waals surface area (Å²) in [5, 5.41) is 0. The normalized spacial score (nSPS) is 27.9. The second kappa shape index (κ2) is 3.84. The van der Waals surface area contributed by atoms with E-state index >= 15 is 0 Å². The van der Waals surface area contributed by atoms with E-state index in [0.717, 1.165) is 25.0 Å². The fourth-order valence-corrected chi connectivity index (χ4v) is 2.01. The maximum Gasteiger partial charge on any atom is 0.0514 e. The summed E-state index contributed by atoms with van der Waals surface area (Å²) in [6.45, 7) is 15.5. The summed E-state index contributed by atoms with van der Waals surface area (Å²) in [5.74, 6) is 1.72. The Morgan fingerprint density at radius 3 is 2.00 bits per heavy atom. The average Bonchev–Trinajstić information content (AvgIpc) is 2.61. The Morgan fingerprint density at radius 1 is 1.07 bits per heavy atom. The molecule has 0 aliphatic heterocycles. The molecule has 0 aromatic rings. The van der Waals surface area contributed by atoms with Gasteiger partial charge >= 0.3 is 0 Å². The van der Waals surface area contributed by atoms with Gasteiger partial charge in [0.1, 0.15) is 0 Å². The summed E-state index contributed by atoms with van der Waals surface area (Å²) in [5.41, 5.74) is 0.794. The molecule has 0 radical (unpaired) electrons. The molecule has 1 saturated carbocycles. The highest BCUT2D eigenvalue weighted by molar-refractivity contribution is 4.93. The van der Waals surface area contributed by atoms with E-state index < -0.39 is 0 Å². The van der Waals surface area contributed by atoms with E-state index in [1.54, 1.807) is 0 Å². The molecule has 0 aromatic heterocycles. The van der Waals surface area contributed by atoms with Crippen LogP contribution in [0.2, 0.25) is 0 Å². The van der Waals surface area contributed by atoms with Gasteiger partial charge in [-0.15, -0.1) is 0 Å². The maximum atomic E-state index is 5.75. The van der Waals surface area contributed by atoms with Gasteiger partial charge in [0.05, 0.1) is 6.61 Å². The predicted molar refractivity (Wildman–Crippen MR) is 61.3 cm³/mol. The zero-order valence-corrected chi connectivity index (χ0v) is 10.7. The fraction of sp³-hybridized carbons (Fsp3) is 1.00. The fourth-order valence-electron chi connectivity index (χ4n) is 2.01. The Balaban J connectivity index is 2.12. The van der Waals surface area contributed by atoms with E-state index in [9.17, 15) is 0 Å². The Bertz CT molecular complexity index is 182. The number of hydrogen-bond donors (Lipinski definition) is 0. The van der Waals surface area contributed by atoms with E-state index in [1.165, 1.54) is 6.42 Å². The molecule has 1 aliphatic rings. The van der Waals surface area contributed by atoms with Gasteiger partial charge in [0.15, 0.2) is 0 Å². The number of ether oxygens (including phenoxy) is 1. The van der Waals surface area contributed by atoms with Gasteiger partial charge in [0.25, 0.3) is 0 Å². The highest BCUT2D eigenvalue weighted by Crippen LogP contribution is 2.50. The maximum absolute atomic E-state index is 5.75. The first-order chi connectivity index (χ1) is 6.20. The SMILES string of the molecule is CC(C)(C)COCC1CC1C(C)(C)C. The minimum absolute atomic E-state index is 0.312. The van der Waals surface area contributed by atoms with Crippen molar-refractivity contribution in [1.82, 2.24) is 0 Å². The Hall–Kier alpha value is -0.0400. The van der Waals surface area contributed by atoms with Crippen LogP contribution in [0.15, 0.2) is 0 Å². The highest BCUT2D eigenvalue weighted by atomic mass is 16.5. The van der Waals surface area contributed by atoms with Crippen molar-refractivity contribution in [2.75, 3.05) is 13.2 Å². The zero-order valence-electron chi connectivity index (χ0n) is 10.7. The topological polar surface area (TPSA) is 9.23 Å². The Kier molecular flexibility index (Phi) is 3.30. The van der Waals surface area contributed by atoms with Crippen molar-refractivity contribution in [3.63, 3.8) is 0 Å². The van der Waals surface area contributed by atoms with Crippen LogP contribution < -0.4 is 0 Å². The third kappa shape index (κ3) is 4.00. The largest absolute Gasteiger partial charge is 0.381 e. The van der Waals surface area contributed by atoms with Crippen LogP contribution in [0.3, 0.4) is 0 Å².